The Morgan fingerprint density at radius 3 is 2.81 bits per heavy atom. The molecule has 1 aliphatic carbocycles. The molecule has 0 fully saturated rings. The number of benzene rings is 2. The van der Waals surface area contributed by atoms with E-state index in [9.17, 15) is 9.18 Å². The van der Waals surface area contributed by atoms with Crippen LogP contribution in [-0.4, -0.2) is 20.7 Å². The molecule has 1 amide bonds. The SMILES string of the molecule is O=C(Nc1ncn(Cc2ccc(F)cc2)n1)c1ccc(COc2ccc3c(c2)CCC3)o1. The molecule has 1 aliphatic rings. The van der Waals surface area contributed by atoms with E-state index in [0.29, 0.717) is 12.3 Å². The van der Waals surface area contributed by atoms with Gasteiger partial charge in [0.2, 0.25) is 5.95 Å². The first-order valence-corrected chi connectivity index (χ1v) is 10.4. The molecular formula is C24H21FN4O3. The van der Waals surface area contributed by atoms with E-state index in [0.717, 1.165) is 24.2 Å². The maximum absolute atomic E-state index is 13.0. The van der Waals surface area contributed by atoms with Crippen LogP contribution in [0.3, 0.4) is 0 Å². The third-order valence-corrected chi connectivity index (χ3v) is 5.36. The highest BCUT2D eigenvalue weighted by atomic mass is 19.1. The van der Waals surface area contributed by atoms with Gasteiger partial charge in [-0.2, -0.15) is 0 Å². The summed E-state index contributed by atoms with van der Waals surface area (Å²) >= 11 is 0. The first-order chi connectivity index (χ1) is 15.6. The van der Waals surface area contributed by atoms with E-state index >= 15 is 0 Å². The fourth-order valence-electron chi connectivity index (χ4n) is 3.74. The molecule has 4 aromatic rings. The summed E-state index contributed by atoms with van der Waals surface area (Å²) in [6.45, 7) is 0.644. The van der Waals surface area contributed by atoms with Crippen LogP contribution in [0.15, 0.2) is 65.3 Å². The highest BCUT2D eigenvalue weighted by Crippen LogP contribution is 2.26. The minimum atomic E-state index is -0.451. The lowest BCUT2D eigenvalue weighted by Gasteiger charge is -2.06. The van der Waals surface area contributed by atoms with Gasteiger partial charge in [0.15, 0.2) is 5.76 Å². The molecule has 32 heavy (non-hydrogen) atoms. The van der Waals surface area contributed by atoms with E-state index in [1.54, 1.807) is 28.9 Å². The van der Waals surface area contributed by atoms with Crippen LogP contribution >= 0.6 is 0 Å². The standard InChI is InChI=1S/C24H21FN4O3/c25-19-7-4-16(5-8-19)13-29-15-26-24(28-29)27-23(30)22-11-10-21(32-22)14-31-20-9-6-17-2-1-3-18(17)12-20/h4-12,15H,1-3,13-14H2,(H,27,28,30). The van der Waals surface area contributed by atoms with Crippen LogP contribution in [0.2, 0.25) is 0 Å². The van der Waals surface area contributed by atoms with Gasteiger partial charge in [-0.05, 0) is 72.4 Å². The average molecular weight is 432 g/mol. The fraction of sp³-hybridized carbons (Fsp3) is 0.208. The molecule has 0 unspecified atom stereocenters. The molecule has 2 heterocycles. The second-order valence-corrected chi connectivity index (χ2v) is 7.69. The van der Waals surface area contributed by atoms with Crippen LogP contribution in [-0.2, 0) is 26.0 Å². The number of aromatic nitrogens is 3. The zero-order valence-corrected chi connectivity index (χ0v) is 17.3. The Kier molecular flexibility index (Phi) is 5.41. The number of rotatable bonds is 7. The normalized spacial score (nSPS) is 12.5. The summed E-state index contributed by atoms with van der Waals surface area (Å²) < 4.78 is 26.0. The molecule has 0 atom stereocenters. The van der Waals surface area contributed by atoms with Gasteiger partial charge >= 0.3 is 0 Å². The molecule has 2 aromatic heterocycles. The van der Waals surface area contributed by atoms with Crippen molar-refractivity contribution in [3.63, 3.8) is 0 Å². The van der Waals surface area contributed by atoms with Gasteiger partial charge in [0.1, 0.15) is 30.3 Å². The zero-order valence-electron chi connectivity index (χ0n) is 17.3. The van der Waals surface area contributed by atoms with Crippen LogP contribution in [0.4, 0.5) is 10.3 Å². The first-order valence-electron chi connectivity index (χ1n) is 10.4. The Morgan fingerprint density at radius 2 is 1.94 bits per heavy atom. The molecular weight excluding hydrogens is 411 g/mol. The van der Waals surface area contributed by atoms with Gasteiger partial charge in [0.25, 0.3) is 5.91 Å². The molecule has 162 valence electrons. The molecule has 7 nitrogen and oxygen atoms in total. The second-order valence-electron chi connectivity index (χ2n) is 7.69. The van der Waals surface area contributed by atoms with Crippen LogP contribution in [0.25, 0.3) is 0 Å². The fourth-order valence-corrected chi connectivity index (χ4v) is 3.74. The summed E-state index contributed by atoms with van der Waals surface area (Å²) in [4.78, 5) is 16.5. The largest absolute Gasteiger partial charge is 0.486 e. The number of halogens is 1. The number of ether oxygens (including phenoxy) is 1. The minimum Gasteiger partial charge on any atom is -0.486 e. The lowest BCUT2D eigenvalue weighted by atomic mass is 10.1. The van der Waals surface area contributed by atoms with E-state index in [-0.39, 0.29) is 24.1 Å². The Bertz CT molecular complexity index is 1250. The number of carbonyl (C=O) groups excluding carboxylic acids is 1. The molecule has 2 aromatic carbocycles. The predicted octanol–water partition coefficient (Wildman–Crippen LogP) is 4.38. The molecule has 0 bridgehead atoms. The van der Waals surface area contributed by atoms with Gasteiger partial charge in [-0.1, -0.05) is 18.2 Å². The smallest absolute Gasteiger partial charge is 0.293 e. The van der Waals surface area contributed by atoms with Gasteiger partial charge < -0.3 is 9.15 Å². The maximum atomic E-state index is 13.0. The molecule has 1 N–H and O–H groups in total. The van der Waals surface area contributed by atoms with Gasteiger partial charge in [-0.3, -0.25) is 10.1 Å². The van der Waals surface area contributed by atoms with Crippen molar-refractivity contribution in [3.05, 3.63) is 95.0 Å². The molecule has 5 rings (SSSR count). The molecule has 8 heteroatoms. The topological polar surface area (TPSA) is 82.2 Å². The summed E-state index contributed by atoms with van der Waals surface area (Å²) in [5, 5.41) is 6.83. The number of nitrogens with one attached hydrogen (secondary N) is 1. The van der Waals surface area contributed by atoms with Crippen molar-refractivity contribution in [1.82, 2.24) is 14.8 Å². The van der Waals surface area contributed by atoms with E-state index in [4.69, 9.17) is 9.15 Å². The van der Waals surface area contributed by atoms with Crippen molar-refractivity contribution in [2.45, 2.75) is 32.4 Å². The lowest BCUT2D eigenvalue weighted by Crippen LogP contribution is -2.12. The zero-order chi connectivity index (χ0) is 21.9. The summed E-state index contributed by atoms with van der Waals surface area (Å²) in [5.41, 5.74) is 3.60. The Balaban J connectivity index is 1.16. The molecule has 0 spiro atoms. The highest BCUT2D eigenvalue weighted by Gasteiger charge is 2.15. The summed E-state index contributed by atoms with van der Waals surface area (Å²) in [5.74, 6) is 0.899. The summed E-state index contributed by atoms with van der Waals surface area (Å²) in [6.07, 6.45) is 4.91. The van der Waals surface area contributed by atoms with E-state index in [2.05, 4.69) is 27.5 Å². The number of nitrogens with zero attached hydrogens (tertiary/aromatic N) is 3. The quantitative estimate of drug-likeness (QED) is 0.469. The summed E-state index contributed by atoms with van der Waals surface area (Å²) in [6, 6.07) is 15.6. The average Bonchev–Trinajstić information content (AvgIpc) is 3.54. The second kappa shape index (κ2) is 8.66. The number of hydrogen-bond acceptors (Lipinski definition) is 5. The number of amides is 1. The molecule has 0 radical (unpaired) electrons. The minimum absolute atomic E-state index is 0.146. The summed E-state index contributed by atoms with van der Waals surface area (Å²) in [7, 11) is 0. The van der Waals surface area contributed by atoms with Crippen molar-refractivity contribution >= 4 is 11.9 Å². The number of fused-ring (bicyclic) bond motifs is 1. The molecule has 0 saturated heterocycles. The van der Waals surface area contributed by atoms with E-state index in [1.165, 1.54) is 36.0 Å². The van der Waals surface area contributed by atoms with Crippen LogP contribution < -0.4 is 10.1 Å². The van der Waals surface area contributed by atoms with Gasteiger partial charge in [-0.15, -0.1) is 5.10 Å². The van der Waals surface area contributed by atoms with Crippen molar-refractivity contribution in [2.24, 2.45) is 0 Å². The van der Waals surface area contributed by atoms with Gasteiger partial charge in [-0.25, -0.2) is 14.1 Å². The Hall–Kier alpha value is -3.94. The van der Waals surface area contributed by atoms with E-state index in [1.807, 2.05) is 6.07 Å². The van der Waals surface area contributed by atoms with Crippen LogP contribution in [0.1, 0.15) is 39.4 Å². The Labute approximate surface area is 183 Å². The molecule has 0 saturated carbocycles. The van der Waals surface area contributed by atoms with Crippen LogP contribution in [0, 0.1) is 5.82 Å². The van der Waals surface area contributed by atoms with E-state index < -0.39 is 5.91 Å². The maximum Gasteiger partial charge on any atom is 0.293 e. The van der Waals surface area contributed by atoms with Gasteiger partial charge in [0, 0.05) is 0 Å². The third kappa shape index (κ3) is 4.54. The predicted molar refractivity (Wildman–Crippen MR) is 115 cm³/mol. The highest BCUT2D eigenvalue weighted by molar-refractivity contribution is 6.01. The van der Waals surface area contributed by atoms with Crippen molar-refractivity contribution in [3.8, 4) is 5.75 Å². The Morgan fingerprint density at radius 1 is 1.09 bits per heavy atom. The molecule has 0 aliphatic heterocycles. The van der Waals surface area contributed by atoms with Crippen molar-refractivity contribution in [1.29, 1.82) is 0 Å². The number of anilines is 1. The van der Waals surface area contributed by atoms with Crippen molar-refractivity contribution < 1.29 is 18.3 Å². The number of carbonyl (C=O) groups is 1. The van der Waals surface area contributed by atoms with Crippen molar-refractivity contribution in [2.75, 3.05) is 5.32 Å². The monoisotopic (exact) mass is 432 g/mol. The van der Waals surface area contributed by atoms with Crippen LogP contribution in [0.5, 0.6) is 5.75 Å². The van der Waals surface area contributed by atoms with Gasteiger partial charge in [0.05, 0.1) is 6.54 Å². The number of hydrogen-bond donors (Lipinski definition) is 1. The third-order valence-electron chi connectivity index (χ3n) is 5.36. The number of aryl methyl sites for hydroxylation is 2. The lowest BCUT2D eigenvalue weighted by molar-refractivity contribution is 0.0991. The number of furan rings is 1. The first kappa shape index (κ1) is 20.0.